The third kappa shape index (κ3) is 4.06. The van der Waals surface area contributed by atoms with Crippen LogP contribution < -0.4 is 0 Å². The Morgan fingerprint density at radius 1 is 1.05 bits per heavy atom. The van der Waals surface area contributed by atoms with E-state index in [4.69, 9.17) is 0 Å². The van der Waals surface area contributed by atoms with Crippen LogP contribution in [-0.4, -0.2) is 77.6 Å². The molecule has 2 fully saturated rings. The Bertz CT molecular complexity index is 486. The average Bonchev–Trinajstić information content (AvgIpc) is 2.97. The highest BCUT2D eigenvalue weighted by molar-refractivity contribution is 5.78. The molecular formula is C17H25N3O2. The van der Waals surface area contributed by atoms with Crippen LogP contribution in [0, 0.1) is 0 Å². The maximum Gasteiger partial charge on any atom is 0.236 e. The Hall–Kier alpha value is -1.43. The number of carbonyl (C=O) groups excluding carboxylic acids is 1. The summed E-state index contributed by atoms with van der Waals surface area (Å²) in [7, 11) is 0. The Kier molecular flexibility index (Phi) is 5.08. The Balaban J connectivity index is 1.41. The van der Waals surface area contributed by atoms with Gasteiger partial charge < -0.3 is 10.0 Å². The second-order valence-corrected chi connectivity index (χ2v) is 6.32. The molecule has 0 radical (unpaired) electrons. The van der Waals surface area contributed by atoms with E-state index in [2.05, 4.69) is 34.1 Å². The van der Waals surface area contributed by atoms with Crippen LogP contribution in [0.1, 0.15) is 12.0 Å². The van der Waals surface area contributed by atoms with E-state index >= 15 is 0 Å². The lowest BCUT2D eigenvalue weighted by atomic mass is 10.2. The maximum atomic E-state index is 12.2. The normalized spacial score (nSPS) is 23.9. The zero-order valence-corrected chi connectivity index (χ0v) is 13.0. The Morgan fingerprint density at radius 2 is 1.73 bits per heavy atom. The van der Waals surface area contributed by atoms with Gasteiger partial charge in [-0.2, -0.15) is 0 Å². The summed E-state index contributed by atoms with van der Waals surface area (Å²) in [6, 6.07) is 10.5. The van der Waals surface area contributed by atoms with Gasteiger partial charge in [0.15, 0.2) is 0 Å². The molecule has 0 bridgehead atoms. The average molecular weight is 303 g/mol. The molecule has 2 aliphatic heterocycles. The van der Waals surface area contributed by atoms with Crippen molar-refractivity contribution in [2.45, 2.75) is 19.1 Å². The van der Waals surface area contributed by atoms with Gasteiger partial charge >= 0.3 is 0 Å². The Labute approximate surface area is 132 Å². The zero-order valence-electron chi connectivity index (χ0n) is 13.0. The molecule has 3 rings (SSSR count). The van der Waals surface area contributed by atoms with Crippen LogP contribution in [-0.2, 0) is 11.3 Å². The number of aliphatic hydroxyl groups is 1. The molecule has 1 aromatic rings. The molecule has 1 atom stereocenters. The third-order valence-electron chi connectivity index (χ3n) is 4.59. The highest BCUT2D eigenvalue weighted by atomic mass is 16.3. The first-order chi connectivity index (χ1) is 10.7. The maximum absolute atomic E-state index is 12.2. The van der Waals surface area contributed by atoms with Crippen LogP contribution in [0.4, 0.5) is 0 Å². The standard InChI is InChI=1S/C17H25N3O2/c21-16-6-7-20(13-16)17(22)14-19-10-8-18(9-11-19)12-15-4-2-1-3-5-15/h1-5,16,21H,6-14H2/t16-/m0/s1. The predicted molar refractivity (Wildman–Crippen MR) is 85.4 cm³/mol. The molecular weight excluding hydrogens is 278 g/mol. The number of amides is 1. The molecule has 22 heavy (non-hydrogen) atoms. The van der Waals surface area contributed by atoms with Gasteiger partial charge in [-0.15, -0.1) is 0 Å². The van der Waals surface area contributed by atoms with E-state index in [1.165, 1.54) is 5.56 Å². The summed E-state index contributed by atoms with van der Waals surface area (Å²) in [6.07, 6.45) is 0.392. The number of hydrogen-bond acceptors (Lipinski definition) is 4. The van der Waals surface area contributed by atoms with E-state index in [1.807, 2.05) is 6.07 Å². The van der Waals surface area contributed by atoms with E-state index in [-0.39, 0.29) is 12.0 Å². The third-order valence-corrected chi connectivity index (χ3v) is 4.59. The minimum atomic E-state index is -0.327. The first-order valence-corrected chi connectivity index (χ1v) is 8.15. The van der Waals surface area contributed by atoms with Gasteiger partial charge in [0.2, 0.25) is 5.91 Å². The number of nitrogens with zero attached hydrogens (tertiary/aromatic N) is 3. The molecule has 0 spiro atoms. The van der Waals surface area contributed by atoms with E-state index in [0.717, 1.165) is 39.1 Å². The number of aliphatic hydroxyl groups excluding tert-OH is 1. The predicted octanol–water partition coefficient (Wildman–Crippen LogP) is 0.397. The molecule has 0 aliphatic carbocycles. The van der Waals surface area contributed by atoms with Crippen molar-refractivity contribution in [3.8, 4) is 0 Å². The number of hydrogen-bond donors (Lipinski definition) is 1. The van der Waals surface area contributed by atoms with Gasteiger partial charge in [0, 0.05) is 45.8 Å². The van der Waals surface area contributed by atoms with Crippen molar-refractivity contribution in [1.82, 2.24) is 14.7 Å². The number of likely N-dealkylation sites (tertiary alicyclic amines) is 1. The molecule has 0 aromatic heterocycles. The summed E-state index contributed by atoms with van der Waals surface area (Å²) >= 11 is 0. The molecule has 120 valence electrons. The number of rotatable bonds is 4. The first kappa shape index (κ1) is 15.5. The van der Waals surface area contributed by atoms with Gasteiger partial charge in [-0.05, 0) is 12.0 Å². The summed E-state index contributed by atoms with van der Waals surface area (Å²) in [4.78, 5) is 18.7. The number of carbonyl (C=O) groups is 1. The summed E-state index contributed by atoms with van der Waals surface area (Å²) in [6.45, 7) is 6.58. The quantitative estimate of drug-likeness (QED) is 0.874. The van der Waals surface area contributed by atoms with Gasteiger partial charge in [0.05, 0.1) is 12.6 Å². The van der Waals surface area contributed by atoms with Crippen molar-refractivity contribution < 1.29 is 9.90 Å². The zero-order chi connectivity index (χ0) is 15.4. The molecule has 0 saturated carbocycles. The fraction of sp³-hybridized carbons (Fsp3) is 0.588. The van der Waals surface area contributed by atoms with Crippen LogP contribution in [0.25, 0.3) is 0 Å². The highest BCUT2D eigenvalue weighted by Crippen LogP contribution is 2.11. The smallest absolute Gasteiger partial charge is 0.236 e. The van der Waals surface area contributed by atoms with Crippen molar-refractivity contribution in [2.24, 2.45) is 0 Å². The van der Waals surface area contributed by atoms with E-state index in [9.17, 15) is 9.90 Å². The second kappa shape index (κ2) is 7.22. The molecule has 1 amide bonds. The SMILES string of the molecule is O=C(CN1CCN(Cc2ccccc2)CC1)N1CC[C@H](O)C1. The topological polar surface area (TPSA) is 47.0 Å². The summed E-state index contributed by atoms with van der Waals surface area (Å²) < 4.78 is 0. The van der Waals surface area contributed by atoms with Gasteiger partial charge in [-0.3, -0.25) is 14.6 Å². The molecule has 5 nitrogen and oxygen atoms in total. The summed E-state index contributed by atoms with van der Waals surface area (Å²) in [5, 5.41) is 9.52. The van der Waals surface area contributed by atoms with Crippen molar-refractivity contribution in [3.05, 3.63) is 35.9 Å². The number of piperazine rings is 1. The van der Waals surface area contributed by atoms with Crippen molar-refractivity contribution in [2.75, 3.05) is 45.8 Å². The van der Waals surface area contributed by atoms with Crippen molar-refractivity contribution in [1.29, 1.82) is 0 Å². The van der Waals surface area contributed by atoms with Gasteiger partial charge in [-0.25, -0.2) is 0 Å². The molecule has 0 unspecified atom stereocenters. The largest absolute Gasteiger partial charge is 0.391 e. The van der Waals surface area contributed by atoms with E-state index in [1.54, 1.807) is 4.90 Å². The second-order valence-electron chi connectivity index (χ2n) is 6.32. The lowest BCUT2D eigenvalue weighted by Crippen LogP contribution is -2.49. The van der Waals surface area contributed by atoms with Crippen LogP contribution >= 0.6 is 0 Å². The fourth-order valence-electron chi connectivity index (χ4n) is 3.21. The molecule has 5 heteroatoms. The first-order valence-electron chi connectivity index (χ1n) is 8.15. The molecule has 2 aliphatic rings. The molecule has 2 saturated heterocycles. The highest BCUT2D eigenvalue weighted by Gasteiger charge is 2.26. The van der Waals surface area contributed by atoms with Crippen LogP contribution in [0.2, 0.25) is 0 Å². The van der Waals surface area contributed by atoms with Crippen LogP contribution in [0.15, 0.2) is 30.3 Å². The monoisotopic (exact) mass is 303 g/mol. The lowest BCUT2D eigenvalue weighted by molar-refractivity contribution is -0.132. The van der Waals surface area contributed by atoms with Gasteiger partial charge in [0.1, 0.15) is 0 Å². The van der Waals surface area contributed by atoms with Gasteiger partial charge in [0.25, 0.3) is 0 Å². The molecule has 2 heterocycles. The van der Waals surface area contributed by atoms with E-state index in [0.29, 0.717) is 19.6 Å². The minimum absolute atomic E-state index is 0.160. The van der Waals surface area contributed by atoms with E-state index < -0.39 is 0 Å². The number of benzene rings is 1. The van der Waals surface area contributed by atoms with Crippen molar-refractivity contribution >= 4 is 5.91 Å². The molecule has 1 aromatic carbocycles. The minimum Gasteiger partial charge on any atom is -0.391 e. The van der Waals surface area contributed by atoms with Crippen molar-refractivity contribution in [3.63, 3.8) is 0 Å². The van der Waals surface area contributed by atoms with Crippen LogP contribution in [0.5, 0.6) is 0 Å². The van der Waals surface area contributed by atoms with Crippen LogP contribution in [0.3, 0.4) is 0 Å². The fourth-order valence-corrected chi connectivity index (χ4v) is 3.21. The summed E-state index contributed by atoms with van der Waals surface area (Å²) in [5.41, 5.74) is 1.35. The lowest BCUT2D eigenvalue weighted by Gasteiger charge is -2.35. The van der Waals surface area contributed by atoms with Gasteiger partial charge in [-0.1, -0.05) is 30.3 Å². The molecule has 1 N–H and O–H groups in total. The Morgan fingerprint density at radius 3 is 2.36 bits per heavy atom. The number of β-amino-alcohol motifs (C(OH)–C–C–N with tert-alkyl or cyclic N) is 1. The summed E-state index contributed by atoms with van der Waals surface area (Å²) in [5.74, 6) is 0.160.